The Morgan fingerprint density at radius 2 is 1.09 bits per heavy atom. The first-order chi connectivity index (χ1) is 48.4. The van der Waals surface area contributed by atoms with Crippen LogP contribution in [-0.4, -0.2) is 108 Å². The third-order valence-corrected chi connectivity index (χ3v) is 18.3. The highest BCUT2D eigenvalue weighted by atomic mass is 35.5. The number of nitrogens with two attached hydrogens (primary N) is 1. The first-order valence-electron chi connectivity index (χ1n) is 32.8. The lowest BCUT2D eigenvalue weighted by atomic mass is 9.89. The number of aromatic hydroxyl groups is 6. The van der Waals surface area contributed by atoms with Gasteiger partial charge in [0.2, 0.25) is 53.0 Å². The SMILES string of the molecule is CCCCCCCCCC(=O)NCCCCNC(=O)[C@H]1NC(=O)[C@H]2NC(=O)[C@H](NC(=O)[C@@H]3NC(=O)[C@H]4NC(=O)[C@@H](Cc5ccc(c(Cl)c5)Oc5cc3cc(c5O)Oc3ccc(cc3Cl)[C@H]2O)NC(=O)[C@@H](N)c2ccc(O)c(c2)Oc2cc(O)cc4c2)c2ccc(O)c(c2)-c2c(O)cc(O)cc21. The van der Waals surface area contributed by atoms with E-state index in [1.54, 1.807) is 0 Å². The molecule has 13 rings (SSSR count). The van der Waals surface area contributed by atoms with Gasteiger partial charge in [-0.25, -0.2) is 0 Å². The monoisotopic (exact) mass is 1420 g/mol. The third kappa shape index (κ3) is 16.3. The number of aliphatic hydroxyl groups excluding tert-OH is 1. The number of carbonyl (C=O) groups excluding carboxylic acids is 8. The summed E-state index contributed by atoms with van der Waals surface area (Å²) in [5.74, 6) is -13.8. The van der Waals surface area contributed by atoms with Gasteiger partial charge in [-0.1, -0.05) is 92.9 Å². The summed E-state index contributed by atoms with van der Waals surface area (Å²) in [5.41, 5.74) is 4.92. The summed E-state index contributed by atoms with van der Waals surface area (Å²) in [5, 5.41) is 103. The van der Waals surface area contributed by atoms with Crippen molar-refractivity contribution < 1.29 is 88.3 Å². The fourth-order valence-electron chi connectivity index (χ4n) is 12.4. The van der Waals surface area contributed by atoms with E-state index in [0.29, 0.717) is 24.8 Å². The van der Waals surface area contributed by atoms with Gasteiger partial charge in [0.1, 0.15) is 88.6 Å². The molecule has 0 radical (unpaired) electrons. The number of rotatable bonds is 14. The Balaban J connectivity index is 1.02. The Kier molecular flexibility index (Phi) is 21.9. The van der Waals surface area contributed by atoms with E-state index in [0.717, 1.165) is 93.1 Å². The number of hydrogen-bond donors (Lipinski definition) is 16. The predicted molar refractivity (Wildman–Crippen MR) is 365 cm³/mol. The molecule has 0 spiro atoms. The molecule has 6 aliphatic heterocycles. The molecular weight excluding hydrogens is 1350 g/mol. The topological polar surface area (TPSA) is 428 Å². The lowest BCUT2D eigenvalue weighted by Gasteiger charge is -2.31. The number of phenols is 6. The number of halogens is 2. The van der Waals surface area contributed by atoms with Crippen molar-refractivity contribution in [3.05, 3.63) is 164 Å². The number of amides is 8. The smallest absolute Gasteiger partial charge is 0.248 e. The highest BCUT2D eigenvalue weighted by Gasteiger charge is 2.41. The molecule has 101 heavy (non-hydrogen) atoms. The van der Waals surface area contributed by atoms with Gasteiger partial charge in [-0.05, 0) is 137 Å². The summed E-state index contributed by atoms with van der Waals surface area (Å²) in [6.45, 7) is 2.40. The van der Waals surface area contributed by atoms with Crippen LogP contribution in [0.5, 0.6) is 69.0 Å². The molecule has 528 valence electrons. The number of phenolic OH excluding ortho intramolecular Hbond substituents is 6. The van der Waals surface area contributed by atoms with E-state index in [1.165, 1.54) is 67.1 Å². The fourth-order valence-corrected chi connectivity index (χ4v) is 12.8. The van der Waals surface area contributed by atoms with Crippen molar-refractivity contribution in [3.63, 3.8) is 0 Å². The fraction of sp³-hybridized carbons (Fsp3) is 0.306. The van der Waals surface area contributed by atoms with E-state index in [9.17, 15) is 50.1 Å². The van der Waals surface area contributed by atoms with Crippen LogP contribution in [0.15, 0.2) is 115 Å². The van der Waals surface area contributed by atoms with Crippen LogP contribution < -0.4 is 62.5 Å². The van der Waals surface area contributed by atoms with Gasteiger partial charge >= 0.3 is 0 Å². The summed E-state index contributed by atoms with van der Waals surface area (Å²) < 4.78 is 18.6. The van der Waals surface area contributed by atoms with Crippen LogP contribution in [0.1, 0.15) is 146 Å². The van der Waals surface area contributed by atoms with E-state index in [2.05, 4.69) is 49.5 Å². The Bertz CT molecular complexity index is 4420. The van der Waals surface area contributed by atoms with Gasteiger partial charge in [0.25, 0.3) is 0 Å². The summed E-state index contributed by atoms with van der Waals surface area (Å²) in [6.07, 6.45) is 5.97. The lowest BCUT2D eigenvalue weighted by molar-refractivity contribution is -0.137. The van der Waals surface area contributed by atoms with Gasteiger partial charge in [0.15, 0.2) is 23.0 Å². The quantitative estimate of drug-likeness (QED) is 0.0458. The van der Waals surface area contributed by atoms with E-state index in [-0.39, 0.29) is 103 Å². The molecule has 27 nitrogen and oxygen atoms in total. The molecule has 0 fully saturated rings. The highest BCUT2D eigenvalue weighted by molar-refractivity contribution is 6.32. The molecule has 0 unspecified atom stereocenters. The van der Waals surface area contributed by atoms with Gasteiger partial charge in [-0.2, -0.15) is 0 Å². The zero-order valence-corrected chi connectivity index (χ0v) is 55.7. The molecule has 7 aromatic rings. The Hall–Kier alpha value is -11.0. The van der Waals surface area contributed by atoms with Crippen LogP contribution in [0, 0.1) is 0 Å². The van der Waals surface area contributed by atoms with Gasteiger partial charge < -0.3 is 98.2 Å². The minimum atomic E-state index is -2.17. The Morgan fingerprint density at radius 1 is 0.505 bits per heavy atom. The minimum Gasteiger partial charge on any atom is -0.508 e. The number of carbonyl (C=O) groups is 8. The Morgan fingerprint density at radius 3 is 1.78 bits per heavy atom. The Labute approximate surface area is 587 Å². The number of ether oxygens (including phenoxy) is 3. The lowest BCUT2D eigenvalue weighted by Crippen LogP contribution is -2.56. The van der Waals surface area contributed by atoms with Gasteiger partial charge in [-0.3, -0.25) is 38.4 Å². The molecule has 29 heteroatoms. The van der Waals surface area contributed by atoms with E-state index >= 15 is 24.0 Å². The van der Waals surface area contributed by atoms with Crippen LogP contribution in [0.4, 0.5) is 0 Å². The zero-order valence-electron chi connectivity index (χ0n) is 54.2. The van der Waals surface area contributed by atoms with Crippen molar-refractivity contribution in [1.82, 2.24) is 42.5 Å². The average Bonchev–Trinajstić information content (AvgIpc) is 0.770. The van der Waals surface area contributed by atoms with Gasteiger partial charge in [0.05, 0.1) is 10.0 Å². The van der Waals surface area contributed by atoms with Crippen molar-refractivity contribution in [3.8, 4) is 80.1 Å². The summed E-state index contributed by atoms with van der Waals surface area (Å²) in [4.78, 5) is 119. The largest absolute Gasteiger partial charge is 0.508 e. The van der Waals surface area contributed by atoms with E-state index in [1.807, 2.05) is 0 Å². The second-order valence-corrected chi connectivity index (χ2v) is 25.8. The van der Waals surface area contributed by atoms with Crippen molar-refractivity contribution in [2.75, 3.05) is 13.1 Å². The van der Waals surface area contributed by atoms with Crippen LogP contribution in [0.25, 0.3) is 11.1 Å². The minimum absolute atomic E-state index is 0.0334. The number of fused-ring (bicyclic) bond motifs is 14. The molecule has 6 heterocycles. The molecular formula is C72H73Cl2N9O18. The second-order valence-electron chi connectivity index (χ2n) is 25.0. The summed E-state index contributed by atoms with van der Waals surface area (Å²) >= 11 is 13.9. The van der Waals surface area contributed by atoms with E-state index < -0.39 is 136 Å². The van der Waals surface area contributed by atoms with Crippen molar-refractivity contribution in [2.24, 2.45) is 5.73 Å². The predicted octanol–water partition coefficient (Wildman–Crippen LogP) is 8.05. The summed E-state index contributed by atoms with van der Waals surface area (Å²) in [7, 11) is 0. The zero-order chi connectivity index (χ0) is 71.9. The number of unbranched alkanes of at least 4 members (excludes halogenated alkanes) is 7. The van der Waals surface area contributed by atoms with Crippen LogP contribution in [-0.2, 0) is 44.8 Å². The molecule has 8 amide bonds. The summed E-state index contributed by atoms with van der Waals surface area (Å²) in [6, 6.07) is 9.15. The maximum Gasteiger partial charge on any atom is 0.248 e. The molecule has 0 aromatic heterocycles. The van der Waals surface area contributed by atoms with Crippen molar-refractivity contribution in [2.45, 2.75) is 126 Å². The molecule has 0 saturated carbocycles. The third-order valence-electron chi connectivity index (χ3n) is 17.7. The maximum absolute atomic E-state index is 15.9. The second kappa shape index (κ2) is 31.0. The standard InChI is InChI=1S/C72H73Cl2N9O18/c1-2-3-4-5-6-7-8-11-56(89)76-20-9-10-21-77-68(94)62-44-32-41(85)33-50(88)57(44)43-26-36(14-16-48(43)86)59-69(95)83-63(72(98)82-62)64(90)37-15-19-52(46(74)27-37)101-55-30-39-29-54(65(55)91)100-51-18-12-34(22-45(51)73)23-47-66(92)79-60(70(96)81-61(39)71(97)80-59)38-24-40(84)31-42(25-38)99-53-28-35(13-17-49(53)87)58(75)67(93)78-47/h12-19,22,24-33,47,58-64,84-88,90-91H,2-11,20-21,23,75H2,1H3,(H,76,89)(H,77,94)(H,78,93)(H,79,92)(H,80,97)(H,81,96)(H,82,98)(H,83,95)/t47-,58+,59-,60+,61-,62+,63+,64-/m1/s1. The van der Waals surface area contributed by atoms with Gasteiger partial charge in [-0.15, -0.1) is 0 Å². The van der Waals surface area contributed by atoms with Gasteiger partial charge in [0, 0.05) is 49.2 Å². The number of aliphatic hydroxyl groups is 1. The van der Waals surface area contributed by atoms with Crippen LogP contribution in [0.2, 0.25) is 10.0 Å². The van der Waals surface area contributed by atoms with Crippen molar-refractivity contribution >= 4 is 70.5 Å². The van der Waals surface area contributed by atoms with Crippen LogP contribution >= 0.6 is 23.2 Å². The number of nitrogens with one attached hydrogen (secondary N) is 8. The molecule has 7 aromatic carbocycles. The average molecular weight is 1420 g/mol. The normalized spacial score (nSPS) is 20.3. The first-order valence-corrected chi connectivity index (χ1v) is 33.5. The highest BCUT2D eigenvalue weighted by Crippen LogP contribution is 2.48. The maximum atomic E-state index is 15.9. The molecule has 17 bridgehead atoms. The number of benzene rings is 7. The molecule has 8 atom stereocenters. The molecule has 6 aliphatic rings. The van der Waals surface area contributed by atoms with Crippen molar-refractivity contribution in [1.29, 1.82) is 0 Å². The number of hydrogen-bond acceptors (Lipinski definition) is 19. The van der Waals surface area contributed by atoms with Crippen LogP contribution in [0.3, 0.4) is 0 Å². The molecule has 17 N–H and O–H groups in total. The molecule has 0 aliphatic carbocycles. The first kappa shape index (κ1) is 71.3. The molecule has 0 saturated heterocycles. The van der Waals surface area contributed by atoms with E-state index in [4.69, 9.17) is 43.1 Å².